The van der Waals surface area contributed by atoms with E-state index in [1.807, 2.05) is 0 Å². The van der Waals surface area contributed by atoms with Gasteiger partial charge in [-0.15, -0.1) is 0 Å². The zero-order valence-electron chi connectivity index (χ0n) is 17.4. The lowest BCUT2D eigenvalue weighted by Gasteiger charge is -2.40. The molecule has 0 aromatic heterocycles. The molecule has 2 aliphatic heterocycles. The smallest absolute Gasteiger partial charge is 0.229 e. The Hall–Kier alpha value is -3.22. The van der Waals surface area contributed by atoms with E-state index in [1.54, 1.807) is 6.07 Å². The van der Waals surface area contributed by atoms with Crippen molar-refractivity contribution in [3.05, 3.63) is 64.8 Å². The van der Waals surface area contributed by atoms with Crippen LogP contribution >= 0.6 is 0 Å². The summed E-state index contributed by atoms with van der Waals surface area (Å²) < 4.78 is 22.2. The molecule has 1 saturated heterocycles. The molecular formula is C22H24O11. The number of aliphatic hydroxyl groups is 6. The van der Waals surface area contributed by atoms with Crippen molar-refractivity contribution in [1.29, 1.82) is 0 Å². The summed E-state index contributed by atoms with van der Waals surface area (Å²) in [6, 6.07) is 4.38. The number of aromatic hydroxyl groups is 1. The Balaban J connectivity index is 1.76. The first-order valence-electron chi connectivity index (χ1n) is 10.0. The summed E-state index contributed by atoms with van der Waals surface area (Å²) in [6.45, 7) is -0.643. The normalized spacial score (nSPS) is 31.6. The number of methoxy groups -OCH3 is 1. The number of ether oxygens (including phenoxy) is 4. The number of phenolic OH excluding ortho intramolecular Hbond substituents is 1. The predicted molar refractivity (Wildman–Crippen MR) is 111 cm³/mol. The third-order valence-corrected chi connectivity index (χ3v) is 5.50. The van der Waals surface area contributed by atoms with Gasteiger partial charge in [0, 0.05) is 23.3 Å². The first-order valence-corrected chi connectivity index (χ1v) is 10.0. The highest BCUT2D eigenvalue weighted by Crippen LogP contribution is 2.39. The van der Waals surface area contributed by atoms with Crippen molar-refractivity contribution in [3.63, 3.8) is 0 Å². The second-order valence-corrected chi connectivity index (χ2v) is 7.65. The van der Waals surface area contributed by atoms with Crippen molar-refractivity contribution in [2.24, 2.45) is 0 Å². The molecule has 33 heavy (non-hydrogen) atoms. The molecule has 1 aliphatic carbocycles. The quantitative estimate of drug-likeness (QED) is 0.314. The van der Waals surface area contributed by atoms with E-state index in [9.17, 15) is 35.7 Å². The van der Waals surface area contributed by atoms with E-state index >= 15 is 0 Å². The first kappa shape index (κ1) is 23.0. The highest BCUT2D eigenvalue weighted by Gasteiger charge is 2.45. The molecule has 0 bridgehead atoms. The van der Waals surface area contributed by atoms with Gasteiger partial charge in [0.2, 0.25) is 6.29 Å². The highest BCUT2D eigenvalue weighted by molar-refractivity contribution is 5.70. The molecule has 4 rings (SSSR count). The highest BCUT2D eigenvalue weighted by atomic mass is 16.7. The molecule has 0 radical (unpaired) electrons. The summed E-state index contributed by atoms with van der Waals surface area (Å²) in [7, 11) is 1.39. The van der Waals surface area contributed by atoms with E-state index in [-0.39, 0.29) is 40.1 Å². The van der Waals surface area contributed by atoms with E-state index in [0.717, 1.165) is 6.08 Å². The molecule has 0 amide bonds. The molecule has 1 aromatic rings. The Morgan fingerprint density at radius 3 is 2.42 bits per heavy atom. The fraction of sp³-hybridized carbons (Fsp3) is 0.364. The Bertz CT molecular complexity index is 1040. The Morgan fingerprint density at radius 2 is 1.76 bits per heavy atom. The maximum Gasteiger partial charge on any atom is 0.229 e. The minimum atomic E-state index is -1.68. The molecule has 6 atom stereocenters. The van der Waals surface area contributed by atoms with Crippen molar-refractivity contribution in [3.8, 4) is 11.5 Å². The molecule has 0 saturated carbocycles. The van der Waals surface area contributed by atoms with Gasteiger partial charge in [-0.2, -0.15) is 0 Å². The monoisotopic (exact) mass is 464 g/mol. The predicted octanol–water partition coefficient (Wildman–Crippen LogP) is 0.108. The molecule has 7 N–H and O–H groups in total. The summed E-state index contributed by atoms with van der Waals surface area (Å²) >= 11 is 0. The average molecular weight is 464 g/mol. The van der Waals surface area contributed by atoms with E-state index in [4.69, 9.17) is 18.9 Å². The van der Waals surface area contributed by atoms with Gasteiger partial charge in [-0.1, -0.05) is 0 Å². The van der Waals surface area contributed by atoms with Crippen LogP contribution in [0.15, 0.2) is 59.3 Å². The van der Waals surface area contributed by atoms with Crippen molar-refractivity contribution < 1.29 is 54.7 Å². The van der Waals surface area contributed by atoms with E-state index in [0.29, 0.717) is 5.56 Å². The Labute approximate surface area is 188 Å². The van der Waals surface area contributed by atoms with Crippen molar-refractivity contribution in [2.45, 2.75) is 36.8 Å². The maximum atomic E-state index is 10.4. The van der Waals surface area contributed by atoms with Crippen LogP contribution in [0.3, 0.4) is 0 Å². The van der Waals surface area contributed by atoms with Gasteiger partial charge in [-0.3, -0.25) is 0 Å². The van der Waals surface area contributed by atoms with Gasteiger partial charge >= 0.3 is 0 Å². The number of allylic oxidation sites excluding steroid dienone is 2. The summed E-state index contributed by atoms with van der Waals surface area (Å²) in [5, 5.41) is 70.2. The Kier molecular flexibility index (Phi) is 6.23. The van der Waals surface area contributed by atoms with Crippen LogP contribution in [0.4, 0.5) is 0 Å². The minimum Gasteiger partial charge on any atom is -0.508 e. The van der Waals surface area contributed by atoms with E-state index in [2.05, 4.69) is 0 Å². The molecule has 3 aliphatic rings. The van der Waals surface area contributed by atoms with Gasteiger partial charge in [0.05, 0.1) is 13.7 Å². The van der Waals surface area contributed by atoms with Crippen LogP contribution in [0.5, 0.6) is 11.5 Å². The number of rotatable bonds is 5. The van der Waals surface area contributed by atoms with Gasteiger partial charge in [0.1, 0.15) is 42.0 Å². The Morgan fingerprint density at radius 1 is 1.00 bits per heavy atom. The van der Waals surface area contributed by atoms with Crippen LogP contribution < -0.4 is 4.74 Å². The number of aliphatic hydroxyl groups excluding tert-OH is 6. The second kappa shape index (κ2) is 8.96. The second-order valence-electron chi connectivity index (χ2n) is 7.65. The molecule has 1 aromatic carbocycles. The zero-order valence-corrected chi connectivity index (χ0v) is 17.4. The van der Waals surface area contributed by atoms with Gasteiger partial charge in [0.25, 0.3) is 0 Å². The molecular weight excluding hydrogens is 440 g/mol. The largest absolute Gasteiger partial charge is 0.508 e. The summed E-state index contributed by atoms with van der Waals surface area (Å²) in [5.41, 5.74) is 0.555. The lowest BCUT2D eigenvalue weighted by molar-refractivity contribution is -0.290. The summed E-state index contributed by atoms with van der Waals surface area (Å²) in [5.74, 6) is -0.491. The summed E-state index contributed by atoms with van der Waals surface area (Å²) in [6.07, 6.45) is -4.68. The average Bonchev–Trinajstić information content (AvgIpc) is 2.79. The van der Waals surface area contributed by atoms with Crippen molar-refractivity contribution >= 4 is 5.76 Å². The third kappa shape index (κ3) is 4.24. The van der Waals surface area contributed by atoms with Crippen LogP contribution in [0.2, 0.25) is 0 Å². The van der Waals surface area contributed by atoms with Gasteiger partial charge < -0.3 is 54.7 Å². The third-order valence-electron chi connectivity index (χ3n) is 5.50. The number of hydrogen-bond donors (Lipinski definition) is 7. The van der Waals surface area contributed by atoms with Crippen LogP contribution in [-0.2, 0) is 14.2 Å². The lowest BCUT2D eigenvalue weighted by Crippen LogP contribution is -2.59. The van der Waals surface area contributed by atoms with Crippen LogP contribution in [0.25, 0.3) is 5.76 Å². The van der Waals surface area contributed by atoms with E-state index in [1.165, 1.54) is 31.4 Å². The number of benzene rings is 1. The maximum absolute atomic E-state index is 10.4. The molecule has 178 valence electrons. The number of fused-ring (bicyclic) bond motifs is 1. The van der Waals surface area contributed by atoms with Gasteiger partial charge in [-0.05, 0) is 24.3 Å². The van der Waals surface area contributed by atoms with Crippen LogP contribution in [-0.4, -0.2) is 86.3 Å². The topological polar surface area (TPSA) is 179 Å². The van der Waals surface area contributed by atoms with Gasteiger partial charge in [0.15, 0.2) is 23.0 Å². The minimum absolute atomic E-state index is 0.0510. The first-order chi connectivity index (χ1) is 15.7. The summed E-state index contributed by atoms with van der Waals surface area (Å²) in [4.78, 5) is 0. The van der Waals surface area contributed by atoms with Gasteiger partial charge in [-0.25, -0.2) is 0 Å². The van der Waals surface area contributed by atoms with Crippen molar-refractivity contribution in [2.75, 3.05) is 13.7 Å². The van der Waals surface area contributed by atoms with E-state index < -0.39 is 43.4 Å². The fourth-order valence-electron chi connectivity index (χ4n) is 3.73. The lowest BCUT2D eigenvalue weighted by atomic mass is 9.96. The zero-order chi connectivity index (χ0) is 23.9. The SMILES string of the molecule is COc1ccc(C2=C(O[C@@H]3O[C@H](CO)[C@H](O)[C@H](O)[C@H]3O)C=C3C(O)=CC(O)=CC3O2)cc1O. The standard InChI is InChI=1S/C22H24O11/c1-30-14-3-2-9(4-13(14)26)21-16(7-11-12(25)5-10(24)6-15(11)31-21)32-22-20(29)19(28)18(27)17(8-23)33-22/h2-7,15,17-20,22-29H,8H2,1H3/t15?,17-,18+,19+,20-,22-/m1/s1. The molecule has 0 spiro atoms. The molecule has 11 heteroatoms. The molecule has 1 fully saturated rings. The fourth-order valence-corrected chi connectivity index (χ4v) is 3.73. The molecule has 1 unspecified atom stereocenters. The van der Waals surface area contributed by atoms with Crippen LogP contribution in [0.1, 0.15) is 5.56 Å². The number of hydrogen-bond acceptors (Lipinski definition) is 11. The molecule has 2 heterocycles. The molecule has 11 nitrogen and oxygen atoms in total. The van der Waals surface area contributed by atoms with Crippen molar-refractivity contribution in [1.82, 2.24) is 0 Å². The number of phenols is 1. The van der Waals surface area contributed by atoms with Crippen LogP contribution in [0, 0.1) is 0 Å².